The number of rotatable bonds is 8. The van der Waals surface area contributed by atoms with Crippen LogP contribution in [0.25, 0.3) is 72.5 Å². The molecule has 0 bridgehead atoms. The van der Waals surface area contributed by atoms with Gasteiger partial charge in [0, 0.05) is 50.2 Å². The summed E-state index contributed by atoms with van der Waals surface area (Å²) in [4.78, 5) is 12.8. The van der Waals surface area contributed by atoms with Crippen LogP contribution in [0.3, 0.4) is 0 Å². The zero-order valence-corrected chi connectivity index (χ0v) is 38.7. The summed E-state index contributed by atoms with van der Waals surface area (Å²) < 4.78 is 2.43. The van der Waals surface area contributed by atoms with Crippen LogP contribution >= 0.6 is 0 Å². The first-order chi connectivity index (χ1) is 34.2. The van der Waals surface area contributed by atoms with E-state index in [0.29, 0.717) is 5.82 Å². The molecule has 2 aromatic heterocycles. The van der Waals surface area contributed by atoms with Gasteiger partial charge in [0.05, 0.1) is 22.4 Å². The van der Waals surface area contributed by atoms with Gasteiger partial charge in [0.25, 0.3) is 0 Å². The minimum Gasteiger partial charge on any atom is -0.311 e. The lowest BCUT2D eigenvalue weighted by atomic mass is 10.00. The van der Waals surface area contributed by atoms with Gasteiger partial charge < -0.3 is 9.47 Å². The predicted molar refractivity (Wildman–Crippen MR) is 290 cm³/mol. The van der Waals surface area contributed by atoms with E-state index >= 15 is 0 Å². The maximum atomic E-state index is 5.15. The summed E-state index contributed by atoms with van der Waals surface area (Å²) in [5.74, 6) is 0.696. The number of hydrogen-bond acceptors (Lipinski definition) is 3. The second-order valence-electron chi connectivity index (χ2n) is 17.7. The van der Waals surface area contributed by atoms with E-state index in [9.17, 15) is 0 Å². The van der Waals surface area contributed by atoms with Gasteiger partial charge in [-0.3, -0.25) is 0 Å². The third-order valence-electron chi connectivity index (χ3n) is 13.8. The van der Waals surface area contributed by atoms with Crippen LogP contribution in [0.15, 0.2) is 267 Å². The van der Waals surface area contributed by atoms with Crippen molar-refractivity contribution in [1.29, 1.82) is 0 Å². The summed E-state index contributed by atoms with van der Waals surface area (Å²) in [5, 5.41) is 7.92. The van der Waals surface area contributed by atoms with E-state index in [1.165, 1.54) is 42.9 Å². The van der Waals surface area contributed by atoms with Gasteiger partial charge in [-0.15, -0.1) is 0 Å². The Morgan fingerprint density at radius 1 is 0.304 bits per heavy atom. The topological polar surface area (TPSA) is 34.0 Å². The van der Waals surface area contributed by atoms with Crippen molar-refractivity contribution in [2.75, 3.05) is 4.90 Å². The maximum absolute atomic E-state index is 5.15. The fourth-order valence-electron chi connectivity index (χ4n) is 10.8. The van der Waals surface area contributed by atoms with Crippen LogP contribution < -0.4 is 25.6 Å². The molecule has 0 unspecified atom stereocenters. The van der Waals surface area contributed by atoms with Gasteiger partial charge in [-0.05, 0) is 92.5 Å². The number of para-hydroxylation sites is 3. The quantitative estimate of drug-likeness (QED) is 0.143. The SMILES string of the molecule is c1ccc(-c2cc(-c3ccccc3)nc(-c3cccc(-c4ccc5c(c4)c4ccccc4n5-c4cccc(N5c6ccccc6[Si](c6ccccc6)(c6ccccc6)c6ccccc65)c4)c3)n2)cc1. The van der Waals surface area contributed by atoms with E-state index in [4.69, 9.17) is 9.97 Å². The van der Waals surface area contributed by atoms with E-state index in [0.717, 1.165) is 61.6 Å². The molecule has 324 valence electrons. The molecule has 1 aliphatic heterocycles. The molecule has 0 saturated carbocycles. The highest BCUT2D eigenvalue weighted by Crippen LogP contribution is 2.41. The van der Waals surface area contributed by atoms with Crippen LogP contribution in [0.2, 0.25) is 0 Å². The fourth-order valence-corrected chi connectivity index (χ4v) is 15.9. The number of aromatic nitrogens is 3. The molecule has 0 radical (unpaired) electrons. The Balaban J connectivity index is 0.929. The van der Waals surface area contributed by atoms with Crippen molar-refractivity contribution in [3.8, 4) is 50.7 Å². The second kappa shape index (κ2) is 16.8. The molecular formula is C64H44N4Si. The Labute approximate surface area is 402 Å². The summed E-state index contributed by atoms with van der Waals surface area (Å²) in [7, 11) is -2.73. The number of hydrogen-bond donors (Lipinski definition) is 0. The summed E-state index contributed by atoms with van der Waals surface area (Å²) >= 11 is 0. The zero-order valence-electron chi connectivity index (χ0n) is 37.7. The van der Waals surface area contributed by atoms with Crippen molar-refractivity contribution in [2.24, 2.45) is 0 Å². The van der Waals surface area contributed by atoms with E-state index < -0.39 is 8.07 Å². The summed E-state index contributed by atoms with van der Waals surface area (Å²) in [6, 6.07) is 96.8. The first-order valence-electron chi connectivity index (χ1n) is 23.6. The molecule has 0 atom stereocenters. The Morgan fingerprint density at radius 2 is 0.783 bits per heavy atom. The van der Waals surface area contributed by atoms with Gasteiger partial charge in [0.2, 0.25) is 0 Å². The molecule has 0 aliphatic carbocycles. The number of fused-ring (bicyclic) bond motifs is 5. The molecule has 0 fully saturated rings. The summed E-state index contributed by atoms with van der Waals surface area (Å²) in [6.45, 7) is 0. The standard InChI is InChI=1S/C64H44N4Si/c1-5-21-45(22-6-1)56-44-57(46-23-7-2-8-24-46)66-64(65-56)49-26-19-25-47(41-49)48-39-40-59-55(42-48)54-33-13-14-34-58(54)67(59)50-27-20-28-51(43-50)68-60-35-15-17-37-62(60)69(52-29-9-3-10-30-52,53-31-11-4-12-32-53)63-38-18-16-36-61(63)68/h1-44H. The number of benzene rings is 10. The first kappa shape index (κ1) is 40.4. The van der Waals surface area contributed by atoms with E-state index in [1.54, 1.807) is 0 Å². The molecule has 1 aliphatic rings. The van der Waals surface area contributed by atoms with Crippen molar-refractivity contribution >= 4 is 67.7 Å². The second-order valence-corrected chi connectivity index (χ2v) is 21.5. The molecule has 13 rings (SSSR count). The van der Waals surface area contributed by atoms with Gasteiger partial charge in [-0.2, -0.15) is 0 Å². The monoisotopic (exact) mass is 896 g/mol. The van der Waals surface area contributed by atoms with E-state index in [-0.39, 0.29) is 0 Å². The summed E-state index contributed by atoms with van der Waals surface area (Å²) in [6.07, 6.45) is 0. The average molecular weight is 897 g/mol. The largest absolute Gasteiger partial charge is 0.311 e. The third-order valence-corrected chi connectivity index (χ3v) is 18.7. The highest BCUT2D eigenvalue weighted by atomic mass is 28.3. The van der Waals surface area contributed by atoms with Crippen LogP contribution in [0.1, 0.15) is 0 Å². The van der Waals surface area contributed by atoms with Crippen molar-refractivity contribution in [1.82, 2.24) is 14.5 Å². The lowest BCUT2D eigenvalue weighted by Gasteiger charge is -2.45. The van der Waals surface area contributed by atoms with Gasteiger partial charge in [-0.1, -0.05) is 206 Å². The molecule has 10 aromatic carbocycles. The van der Waals surface area contributed by atoms with Crippen molar-refractivity contribution in [3.05, 3.63) is 267 Å². The first-order valence-corrected chi connectivity index (χ1v) is 25.6. The molecule has 0 spiro atoms. The Hall–Kier alpha value is -8.90. The van der Waals surface area contributed by atoms with Crippen LogP contribution in [0.4, 0.5) is 17.1 Å². The third kappa shape index (κ3) is 6.74. The molecule has 0 N–H and O–H groups in total. The smallest absolute Gasteiger partial charge is 0.184 e. The Kier molecular flexibility index (Phi) is 9.81. The lowest BCUT2D eigenvalue weighted by molar-refractivity contribution is 1.17. The van der Waals surface area contributed by atoms with E-state index in [2.05, 4.69) is 264 Å². The minimum atomic E-state index is -2.73. The molecule has 12 aromatic rings. The average Bonchev–Trinajstić information content (AvgIpc) is 3.77. The summed E-state index contributed by atoms with van der Waals surface area (Å²) in [5.41, 5.74) is 14.1. The highest BCUT2D eigenvalue weighted by molar-refractivity contribution is 7.21. The Morgan fingerprint density at radius 3 is 1.42 bits per heavy atom. The molecule has 0 amide bonds. The number of nitrogens with zero attached hydrogens (tertiary/aromatic N) is 4. The normalized spacial score (nSPS) is 12.7. The van der Waals surface area contributed by atoms with Crippen molar-refractivity contribution < 1.29 is 0 Å². The highest BCUT2D eigenvalue weighted by Gasteiger charge is 2.48. The molecule has 69 heavy (non-hydrogen) atoms. The van der Waals surface area contributed by atoms with Gasteiger partial charge in [0.15, 0.2) is 13.9 Å². The van der Waals surface area contributed by atoms with Crippen LogP contribution in [0, 0.1) is 0 Å². The maximum Gasteiger partial charge on any atom is 0.184 e. The fraction of sp³-hybridized carbons (Fsp3) is 0. The van der Waals surface area contributed by atoms with Gasteiger partial charge in [0.1, 0.15) is 0 Å². The predicted octanol–water partition coefficient (Wildman–Crippen LogP) is 13.4. The molecule has 0 saturated heterocycles. The molecular weight excluding hydrogens is 853 g/mol. The van der Waals surface area contributed by atoms with Crippen molar-refractivity contribution in [2.45, 2.75) is 0 Å². The lowest BCUT2D eigenvalue weighted by Crippen LogP contribution is -2.77. The minimum absolute atomic E-state index is 0.696. The van der Waals surface area contributed by atoms with E-state index in [1.807, 2.05) is 12.1 Å². The molecule has 5 heteroatoms. The molecule has 3 heterocycles. The molecule has 4 nitrogen and oxygen atoms in total. The number of anilines is 3. The van der Waals surface area contributed by atoms with Gasteiger partial charge >= 0.3 is 0 Å². The van der Waals surface area contributed by atoms with Crippen LogP contribution in [-0.4, -0.2) is 22.6 Å². The zero-order chi connectivity index (χ0) is 45.7. The van der Waals surface area contributed by atoms with Crippen LogP contribution in [-0.2, 0) is 0 Å². The van der Waals surface area contributed by atoms with Gasteiger partial charge in [-0.25, -0.2) is 9.97 Å². The van der Waals surface area contributed by atoms with Crippen LogP contribution in [0.5, 0.6) is 0 Å². The Bertz CT molecular complexity index is 3700. The van der Waals surface area contributed by atoms with Crippen molar-refractivity contribution in [3.63, 3.8) is 0 Å².